The Morgan fingerprint density at radius 1 is 1.21 bits per heavy atom. The molecule has 1 unspecified atom stereocenters. The topological polar surface area (TPSA) is 91.7 Å². The maximum atomic E-state index is 11.8. The largest absolute Gasteiger partial charge is 0.481 e. The Labute approximate surface area is 109 Å². The number of aliphatic carboxylic acids is 2. The zero-order valence-electron chi connectivity index (χ0n) is 10.3. The Kier molecular flexibility index (Phi) is 3.38. The third kappa shape index (κ3) is 2.23. The average molecular weight is 262 g/mol. The zero-order chi connectivity index (χ0) is 14.0. The summed E-state index contributed by atoms with van der Waals surface area (Å²) in [6.07, 6.45) is 0.0746. The van der Waals surface area contributed by atoms with Crippen LogP contribution in [0.2, 0.25) is 0 Å². The van der Waals surface area contributed by atoms with Crippen molar-refractivity contribution in [2.75, 3.05) is 0 Å². The minimum Gasteiger partial charge on any atom is -0.481 e. The van der Waals surface area contributed by atoms with Gasteiger partial charge in [0.25, 0.3) is 0 Å². The van der Waals surface area contributed by atoms with Crippen molar-refractivity contribution in [1.29, 1.82) is 0 Å². The van der Waals surface area contributed by atoms with Crippen LogP contribution in [0.15, 0.2) is 24.3 Å². The fourth-order valence-electron chi connectivity index (χ4n) is 2.65. The number of carbonyl (C=O) groups is 3. The lowest BCUT2D eigenvalue weighted by molar-refractivity contribution is -0.145. The maximum Gasteiger partial charge on any atom is 0.314 e. The van der Waals surface area contributed by atoms with Gasteiger partial charge in [0.1, 0.15) is 0 Å². The number of rotatable bonds is 4. The Balaban J connectivity index is 2.50. The second-order valence-corrected chi connectivity index (χ2v) is 4.75. The van der Waals surface area contributed by atoms with Gasteiger partial charge in [-0.2, -0.15) is 0 Å². The fraction of sp³-hybridized carbons (Fsp3) is 0.357. The van der Waals surface area contributed by atoms with Crippen LogP contribution in [0.1, 0.15) is 41.6 Å². The van der Waals surface area contributed by atoms with Crippen LogP contribution in [0.25, 0.3) is 0 Å². The third-order valence-corrected chi connectivity index (χ3v) is 3.70. The number of Topliss-reactive ketones (excluding diaryl/α,β-unsaturated/α-hetero) is 1. The van der Waals surface area contributed by atoms with E-state index in [-0.39, 0.29) is 31.5 Å². The van der Waals surface area contributed by atoms with Crippen LogP contribution >= 0.6 is 0 Å². The molecule has 19 heavy (non-hydrogen) atoms. The molecule has 0 saturated carbocycles. The van der Waals surface area contributed by atoms with E-state index >= 15 is 0 Å². The van der Waals surface area contributed by atoms with Gasteiger partial charge in [-0.05, 0) is 18.4 Å². The van der Waals surface area contributed by atoms with Crippen molar-refractivity contribution >= 4 is 17.7 Å². The molecule has 0 saturated heterocycles. The molecule has 0 amide bonds. The standard InChI is InChI=1S/C14H14O5/c15-11-5-7-14(13(18)19,8-6-12(16)17)10-4-2-1-3-9(10)11/h1-4H,5-8H2,(H,16,17)(H,18,19). The van der Waals surface area contributed by atoms with Gasteiger partial charge >= 0.3 is 11.9 Å². The number of carbonyl (C=O) groups excluding carboxylic acids is 1. The Morgan fingerprint density at radius 2 is 1.89 bits per heavy atom. The lowest BCUT2D eigenvalue weighted by atomic mass is 9.67. The van der Waals surface area contributed by atoms with E-state index in [1.54, 1.807) is 24.3 Å². The molecule has 100 valence electrons. The van der Waals surface area contributed by atoms with Crippen LogP contribution in [0.5, 0.6) is 0 Å². The summed E-state index contributed by atoms with van der Waals surface area (Å²) in [5, 5.41) is 18.3. The molecule has 0 spiro atoms. The van der Waals surface area contributed by atoms with Gasteiger partial charge in [0.05, 0.1) is 5.41 Å². The van der Waals surface area contributed by atoms with E-state index in [1.165, 1.54) is 0 Å². The molecule has 5 heteroatoms. The van der Waals surface area contributed by atoms with Gasteiger partial charge in [0.15, 0.2) is 5.78 Å². The van der Waals surface area contributed by atoms with Gasteiger partial charge in [-0.3, -0.25) is 14.4 Å². The molecular weight excluding hydrogens is 248 g/mol. The lowest BCUT2D eigenvalue weighted by Crippen LogP contribution is -2.41. The van der Waals surface area contributed by atoms with E-state index in [0.29, 0.717) is 11.1 Å². The molecule has 0 radical (unpaired) electrons. The second kappa shape index (κ2) is 4.84. The van der Waals surface area contributed by atoms with Crippen LogP contribution in [0, 0.1) is 0 Å². The number of hydrogen-bond donors (Lipinski definition) is 2. The Bertz CT molecular complexity index is 549. The first-order valence-electron chi connectivity index (χ1n) is 6.05. The van der Waals surface area contributed by atoms with Gasteiger partial charge in [0, 0.05) is 18.4 Å². The van der Waals surface area contributed by atoms with Gasteiger partial charge in [0.2, 0.25) is 0 Å². The Hall–Kier alpha value is -2.17. The maximum absolute atomic E-state index is 11.8. The zero-order valence-corrected chi connectivity index (χ0v) is 10.3. The summed E-state index contributed by atoms with van der Waals surface area (Å²) in [6.45, 7) is 0. The monoisotopic (exact) mass is 262 g/mol. The normalized spacial score (nSPS) is 21.8. The van der Waals surface area contributed by atoms with Gasteiger partial charge in [-0.25, -0.2) is 0 Å². The molecule has 1 aliphatic rings. The van der Waals surface area contributed by atoms with Crippen LogP contribution in [0.4, 0.5) is 0 Å². The van der Waals surface area contributed by atoms with E-state index in [0.717, 1.165) is 0 Å². The predicted molar refractivity (Wildman–Crippen MR) is 66.2 cm³/mol. The minimum absolute atomic E-state index is 0.00194. The molecule has 1 aliphatic carbocycles. The molecule has 1 aromatic rings. The van der Waals surface area contributed by atoms with Crippen molar-refractivity contribution < 1.29 is 24.6 Å². The van der Waals surface area contributed by atoms with Crippen molar-refractivity contribution in [2.24, 2.45) is 0 Å². The molecule has 5 nitrogen and oxygen atoms in total. The molecule has 1 aromatic carbocycles. The van der Waals surface area contributed by atoms with Crippen molar-refractivity contribution in [2.45, 2.75) is 31.1 Å². The lowest BCUT2D eigenvalue weighted by Gasteiger charge is -2.34. The summed E-state index contributed by atoms with van der Waals surface area (Å²) in [7, 11) is 0. The van der Waals surface area contributed by atoms with E-state index in [4.69, 9.17) is 5.11 Å². The SMILES string of the molecule is O=C(O)CCC1(C(=O)O)CCC(=O)c2ccccc21. The van der Waals surface area contributed by atoms with E-state index in [2.05, 4.69) is 0 Å². The molecular formula is C14H14O5. The first-order valence-corrected chi connectivity index (χ1v) is 6.05. The quantitative estimate of drug-likeness (QED) is 0.864. The summed E-state index contributed by atoms with van der Waals surface area (Å²) < 4.78 is 0. The number of ketones is 1. The molecule has 0 fully saturated rings. The van der Waals surface area contributed by atoms with Crippen molar-refractivity contribution in [1.82, 2.24) is 0 Å². The molecule has 2 N–H and O–H groups in total. The van der Waals surface area contributed by atoms with Gasteiger partial charge < -0.3 is 10.2 Å². The minimum atomic E-state index is -1.26. The highest BCUT2D eigenvalue weighted by Crippen LogP contribution is 2.41. The van der Waals surface area contributed by atoms with Crippen LogP contribution in [-0.4, -0.2) is 27.9 Å². The van der Waals surface area contributed by atoms with Gasteiger partial charge in [-0.15, -0.1) is 0 Å². The van der Waals surface area contributed by atoms with E-state index in [9.17, 15) is 19.5 Å². The predicted octanol–water partition coefficient (Wildman–Crippen LogP) is 1.85. The first-order chi connectivity index (χ1) is 8.97. The molecule has 0 heterocycles. The van der Waals surface area contributed by atoms with Crippen LogP contribution < -0.4 is 0 Å². The summed E-state index contributed by atoms with van der Waals surface area (Å²) in [5.74, 6) is -2.17. The number of benzene rings is 1. The molecule has 0 bridgehead atoms. The van der Waals surface area contributed by atoms with Gasteiger partial charge in [-0.1, -0.05) is 24.3 Å². The van der Waals surface area contributed by atoms with Crippen LogP contribution in [-0.2, 0) is 15.0 Å². The summed E-state index contributed by atoms with van der Waals surface area (Å²) in [6, 6.07) is 6.58. The van der Waals surface area contributed by atoms with Crippen LogP contribution in [0.3, 0.4) is 0 Å². The number of fused-ring (bicyclic) bond motifs is 1. The summed E-state index contributed by atoms with van der Waals surface area (Å²) >= 11 is 0. The summed E-state index contributed by atoms with van der Waals surface area (Å²) in [4.78, 5) is 34.2. The smallest absolute Gasteiger partial charge is 0.314 e. The highest BCUT2D eigenvalue weighted by atomic mass is 16.4. The van der Waals surface area contributed by atoms with E-state index < -0.39 is 17.4 Å². The number of carboxylic acid groups (broad SMARTS) is 2. The fourth-order valence-corrected chi connectivity index (χ4v) is 2.65. The molecule has 2 rings (SSSR count). The number of carboxylic acids is 2. The molecule has 0 aliphatic heterocycles. The molecule has 1 atom stereocenters. The van der Waals surface area contributed by atoms with E-state index in [1.807, 2.05) is 0 Å². The van der Waals surface area contributed by atoms with Crippen molar-refractivity contribution in [3.63, 3.8) is 0 Å². The third-order valence-electron chi connectivity index (χ3n) is 3.70. The Morgan fingerprint density at radius 3 is 2.53 bits per heavy atom. The average Bonchev–Trinajstić information content (AvgIpc) is 2.38. The number of hydrogen-bond acceptors (Lipinski definition) is 3. The highest BCUT2D eigenvalue weighted by Gasteiger charge is 2.45. The highest BCUT2D eigenvalue weighted by molar-refractivity contribution is 6.02. The van der Waals surface area contributed by atoms with Crippen molar-refractivity contribution in [3.05, 3.63) is 35.4 Å². The van der Waals surface area contributed by atoms with Crippen molar-refractivity contribution in [3.8, 4) is 0 Å². The summed E-state index contributed by atoms with van der Waals surface area (Å²) in [5.41, 5.74) is -0.412. The first kappa shape index (κ1) is 13.3. The molecule has 0 aromatic heterocycles. The second-order valence-electron chi connectivity index (χ2n) is 4.75.